The predicted octanol–water partition coefficient (Wildman–Crippen LogP) is 3.19. The molecular weight excluding hydrogens is 313 g/mol. The molecule has 0 aliphatic heterocycles. The number of ether oxygens (including phenoxy) is 3. The number of alkyl halides is 3. The van der Waals surface area contributed by atoms with Gasteiger partial charge in [-0.15, -0.1) is 0 Å². The smallest absolute Gasteiger partial charge is 0.411 e. The first-order valence-corrected chi connectivity index (χ1v) is 6.49. The largest absolute Gasteiger partial charge is 0.493 e. The molecule has 0 bridgehead atoms. The Kier molecular flexibility index (Phi) is 7.07. The van der Waals surface area contributed by atoms with Crippen molar-refractivity contribution in [3.05, 3.63) is 22.7 Å². The Labute approximate surface area is 125 Å². The molecule has 0 aliphatic rings. The van der Waals surface area contributed by atoms with Crippen molar-refractivity contribution in [3.63, 3.8) is 0 Å². The van der Waals surface area contributed by atoms with Crippen molar-refractivity contribution < 1.29 is 32.5 Å². The Bertz CT molecular complexity index is 452. The van der Waals surface area contributed by atoms with Crippen LogP contribution in [-0.4, -0.2) is 38.2 Å². The van der Waals surface area contributed by atoms with E-state index in [0.29, 0.717) is 11.3 Å². The lowest BCUT2D eigenvalue weighted by Gasteiger charge is -2.14. The summed E-state index contributed by atoms with van der Waals surface area (Å²) in [6.07, 6.45) is -4.05. The molecule has 0 heterocycles. The molecule has 0 atom stereocenters. The van der Waals surface area contributed by atoms with Gasteiger partial charge in [-0.2, -0.15) is 13.2 Å². The van der Waals surface area contributed by atoms with Crippen molar-refractivity contribution in [1.29, 1.82) is 0 Å². The number of hydrogen-bond acceptors (Lipinski definition) is 4. The first kappa shape index (κ1) is 17.9. The molecule has 120 valence electrons. The number of hydrogen-bond donors (Lipinski definition) is 1. The van der Waals surface area contributed by atoms with Crippen LogP contribution in [0.15, 0.2) is 12.1 Å². The highest BCUT2D eigenvalue weighted by Gasteiger charge is 2.27. The van der Waals surface area contributed by atoms with Gasteiger partial charge in [-0.05, 0) is 17.7 Å². The molecule has 4 nitrogen and oxygen atoms in total. The van der Waals surface area contributed by atoms with Crippen molar-refractivity contribution in [3.8, 4) is 11.5 Å². The molecule has 1 aromatic rings. The summed E-state index contributed by atoms with van der Waals surface area (Å²) < 4.78 is 50.5. The molecule has 0 amide bonds. The lowest BCUT2D eigenvalue weighted by Crippen LogP contribution is -2.18. The fourth-order valence-electron chi connectivity index (χ4n) is 1.53. The van der Waals surface area contributed by atoms with Gasteiger partial charge in [0.2, 0.25) is 0 Å². The van der Waals surface area contributed by atoms with Gasteiger partial charge in [-0.3, -0.25) is 0 Å². The zero-order chi connectivity index (χ0) is 15.9. The average molecular weight is 329 g/mol. The van der Waals surface area contributed by atoms with E-state index in [4.69, 9.17) is 26.2 Å². The summed E-state index contributed by atoms with van der Waals surface area (Å²) in [6, 6.07) is 3.10. The molecule has 1 aromatic carbocycles. The molecule has 1 N–H and O–H groups in total. The van der Waals surface area contributed by atoms with Crippen molar-refractivity contribution in [2.45, 2.75) is 19.2 Å². The summed E-state index contributed by atoms with van der Waals surface area (Å²) in [5.41, 5.74) is 0.567. The monoisotopic (exact) mass is 328 g/mol. The van der Waals surface area contributed by atoms with Gasteiger partial charge in [0.05, 0.1) is 32.0 Å². The summed E-state index contributed by atoms with van der Waals surface area (Å²) in [5.74, 6) is 0.634. The number of benzene rings is 1. The van der Waals surface area contributed by atoms with Crippen LogP contribution in [0.5, 0.6) is 11.5 Å². The second kappa shape index (κ2) is 8.31. The third-order valence-corrected chi connectivity index (χ3v) is 2.70. The van der Waals surface area contributed by atoms with Crippen LogP contribution in [0.1, 0.15) is 12.0 Å². The molecule has 0 aromatic heterocycles. The molecule has 0 saturated carbocycles. The highest BCUT2D eigenvalue weighted by Crippen LogP contribution is 2.36. The predicted molar refractivity (Wildman–Crippen MR) is 70.9 cm³/mol. The Morgan fingerprint density at radius 1 is 1.24 bits per heavy atom. The fraction of sp³-hybridized carbons (Fsp3) is 0.538. The fourth-order valence-corrected chi connectivity index (χ4v) is 1.82. The molecule has 21 heavy (non-hydrogen) atoms. The first-order valence-electron chi connectivity index (χ1n) is 6.12. The van der Waals surface area contributed by atoms with Crippen LogP contribution >= 0.6 is 11.6 Å². The maximum absolute atomic E-state index is 11.8. The molecule has 0 aliphatic carbocycles. The van der Waals surface area contributed by atoms with Crippen LogP contribution < -0.4 is 9.47 Å². The SMILES string of the molecule is COc1cc(CO)cc(Cl)c1OCCCOCC(F)(F)F. The van der Waals surface area contributed by atoms with Gasteiger partial charge in [-0.25, -0.2) is 0 Å². The maximum atomic E-state index is 11.8. The normalized spacial score (nSPS) is 11.5. The third-order valence-electron chi connectivity index (χ3n) is 2.42. The van der Waals surface area contributed by atoms with Gasteiger partial charge in [0.1, 0.15) is 6.61 Å². The summed E-state index contributed by atoms with van der Waals surface area (Å²) in [6.45, 7) is -1.41. The quantitative estimate of drug-likeness (QED) is 0.745. The Morgan fingerprint density at radius 2 is 1.95 bits per heavy atom. The van der Waals surface area contributed by atoms with Crippen molar-refractivity contribution in [2.75, 3.05) is 26.9 Å². The number of halogens is 4. The van der Waals surface area contributed by atoms with Crippen molar-refractivity contribution in [1.82, 2.24) is 0 Å². The number of aliphatic hydroxyl groups excluding tert-OH is 1. The standard InChI is InChI=1S/C13H16ClF3O4/c1-19-11-6-9(7-18)5-10(14)12(11)21-4-2-3-20-8-13(15,16)17/h5-6,18H,2-4,7-8H2,1H3. The molecule has 0 radical (unpaired) electrons. The van der Waals surface area contributed by atoms with Crippen LogP contribution in [0.25, 0.3) is 0 Å². The van der Waals surface area contributed by atoms with Gasteiger partial charge in [0.15, 0.2) is 11.5 Å². The van der Waals surface area contributed by atoms with E-state index in [9.17, 15) is 13.2 Å². The Hall–Kier alpha value is -1.18. The minimum atomic E-state index is -4.33. The number of rotatable bonds is 8. The molecular formula is C13H16ClF3O4. The van der Waals surface area contributed by atoms with E-state index < -0.39 is 12.8 Å². The minimum absolute atomic E-state index is 0.0752. The van der Waals surface area contributed by atoms with E-state index in [2.05, 4.69) is 4.74 Å². The van der Waals surface area contributed by atoms with Gasteiger partial charge < -0.3 is 19.3 Å². The van der Waals surface area contributed by atoms with E-state index in [1.807, 2.05) is 0 Å². The van der Waals surface area contributed by atoms with Crippen LogP contribution in [0.4, 0.5) is 13.2 Å². The van der Waals surface area contributed by atoms with Crippen LogP contribution in [0.2, 0.25) is 5.02 Å². The highest BCUT2D eigenvalue weighted by atomic mass is 35.5. The zero-order valence-corrected chi connectivity index (χ0v) is 12.1. The van der Waals surface area contributed by atoms with E-state index in [1.165, 1.54) is 13.2 Å². The molecule has 0 unspecified atom stereocenters. The second-order valence-corrected chi connectivity index (χ2v) is 4.54. The Morgan fingerprint density at radius 3 is 2.52 bits per heavy atom. The average Bonchev–Trinajstić information content (AvgIpc) is 2.42. The highest BCUT2D eigenvalue weighted by molar-refractivity contribution is 6.32. The van der Waals surface area contributed by atoms with Gasteiger partial charge in [0.25, 0.3) is 0 Å². The minimum Gasteiger partial charge on any atom is -0.493 e. The van der Waals surface area contributed by atoms with Crippen LogP contribution in [-0.2, 0) is 11.3 Å². The molecule has 1 rings (SSSR count). The van der Waals surface area contributed by atoms with Gasteiger partial charge in [0, 0.05) is 6.42 Å². The number of aliphatic hydroxyl groups is 1. The summed E-state index contributed by atoms with van der Waals surface area (Å²) >= 11 is 6.00. The summed E-state index contributed by atoms with van der Waals surface area (Å²) in [5, 5.41) is 9.31. The first-order chi connectivity index (χ1) is 9.87. The molecule has 0 spiro atoms. The van der Waals surface area contributed by atoms with E-state index in [0.717, 1.165) is 0 Å². The maximum Gasteiger partial charge on any atom is 0.411 e. The molecule has 0 saturated heterocycles. The van der Waals surface area contributed by atoms with Crippen LogP contribution in [0.3, 0.4) is 0 Å². The molecule has 8 heteroatoms. The van der Waals surface area contributed by atoms with Gasteiger partial charge >= 0.3 is 6.18 Å². The Balaban J connectivity index is 2.45. The van der Waals surface area contributed by atoms with E-state index in [1.54, 1.807) is 6.07 Å². The molecule has 0 fully saturated rings. The van der Waals surface area contributed by atoms with E-state index >= 15 is 0 Å². The lowest BCUT2D eigenvalue weighted by molar-refractivity contribution is -0.174. The summed E-state index contributed by atoms with van der Waals surface area (Å²) in [7, 11) is 1.42. The van der Waals surface area contributed by atoms with Crippen LogP contribution in [0, 0.1) is 0 Å². The van der Waals surface area contributed by atoms with E-state index in [-0.39, 0.29) is 37.0 Å². The topological polar surface area (TPSA) is 47.9 Å². The third kappa shape index (κ3) is 6.41. The summed E-state index contributed by atoms with van der Waals surface area (Å²) in [4.78, 5) is 0. The van der Waals surface area contributed by atoms with Gasteiger partial charge in [-0.1, -0.05) is 11.6 Å². The van der Waals surface area contributed by atoms with Crippen molar-refractivity contribution >= 4 is 11.6 Å². The lowest BCUT2D eigenvalue weighted by atomic mass is 10.2. The zero-order valence-electron chi connectivity index (χ0n) is 11.4. The number of methoxy groups -OCH3 is 1. The van der Waals surface area contributed by atoms with Crippen molar-refractivity contribution in [2.24, 2.45) is 0 Å². The second-order valence-electron chi connectivity index (χ2n) is 4.14.